The Balaban J connectivity index is 1.89. The second-order valence-electron chi connectivity index (χ2n) is 7.47. The molecule has 0 bridgehead atoms. The van der Waals surface area contributed by atoms with Crippen LogP contribution in [0.15, 0.2) is 0 Å². The van der Waals surface area contributed by atoms with Crippen molar-refractivity contribution in [2.75, 3.05) is 0 Å². The summed E-state index contributed by atoms with van der Waals surface area (Å²) in [4.78, 5) is 0. The van der Waals surface area contributed by atoms with Gasteiger partial charge in [0, 0.05) is 6.04 Å². The molecule has 2 rings (SSSR count). The van der Waals surface area contributed by atoms with Crippen LogP contribution in [0.25, 0.3) is 0 Å². The van der Waals surface area contributed by atoms with Crippen LogP contribution in [0.2, 0.25) is 0 Å². The largest absolute Gasteiger partial charge is 0.373 e. The summed E-state index contributed by atoms with van der Waals surface area (Å²) in [5, 5.41) is 0. The Morgan fingerprint density at radius 2 is 1.78 bits per heavy atom. The van der Waals surface area contributed by atoms with Crippen LogP contribution in [0.4, 0.5) is 0 Å². The summed E-state index contributed by atoms with van der Waals surface area (Å²) in [5.74, 6) is 1.66. The number of ether oxygens (including phenoxy) is 1. The smallest absolute Gasteiger partial charge is 0.0734 e. The van der Waals surface area contributed by atoms with Gasteiger partial charge in [-0.15, -0.1) is 0 Å². The molecule has 0 aromatic rings. The third-order valence-corrected chi connectivity index (χ3v) is 5.53. The lowest BCUT2D eigenvalue weighted by molar-refractivity contribution is -0.0889. The van der Waals surface area contributed by atoms with Crippen molar-refractivity contribution in [3.8, 4) is 0 Å². The average molecular weight is 253 g/mol. The van der Waals surface area contributed by atoms with Gasteiger partial charge in [-0.05, 0) is 49.4 Å². The van der Waals surface area contributed by atoms with Crippen molar-refractivity contribution in [1.82, 2.24) is 0 Å². The van der Waals surface area contributed by atoms with Crippen molar-refractivity contribution >= 4 is 0 Å². The molecule has 2 heteroatoms. The van der Waals surface area contributed by atoms with Crippen LogP contribution < -0.4 is 5.73 Å². The second-order valence-corrected chi connectivity index (χ2v) is 7.47. The normalized spacial score (nSPS) is 44.8. The van der Waals surface area contributed by atoms with E-state index in [4.69, 9.17) is 10.5 Å². The monoisotopic (exact) mass is 253 g/mol. The summed E-state index contributed by atoms with van der Waals surface area (Å²) in [5.41, 5.74) is 6.66. The summed E-state index contributed by atoms with van der Waals surface area (Å²) in [6, 6.07) is 0.209. The molecule has 2 aliphatic rings. The molecule has 2 aliphatic carbocycles. The molecule has 2 N–H and O–H groups in total. The Kier molecular flexibility index (Phi) is 4.38. The van der Waals surface area contributed by atoms with Crippen molar-refractivity contribution in [3.05, 3.63) is 0 Å². The van der Waals surface area contributed by atoms with Gasteiger partial charge in [-0.25, -0.2) is 0 Å². The molecule has 5 unspecified atom stereocenters. The van der Waals surface area contributed by atoms with E-state index in [0.717, 1.165) is 18.3 Å². The molecular formula is C16H31NO. The first kappa shape index (κ1) is 14.3. The third-order valence-electron chi connectivity index (χ3n) is 5.53. The minimum Gasteiger partial charge on any atom is -0.373 e. The van der Waals surface area contributed by atoms with E-state index >= 15 is 0 Å². The predicted molar refractivity (Wildman–Crippen MR) is 76.4 cm³/mol. The molecule has 0 amide bonds. The van der Waals surface area contributed by atoms with Crippen molar-refractivity contribution in [2.24, 2.45) is 23.0 Å². The standard InChI is InChI=1S/C16H31NO/c1-11-7-8-13(10-12(11)2)18-14-6-5-9-16(3,4)15(14)17/h11-15H,5-10,17H2,1-4H3. The van der Waals surface area contributed by atoms with Gasteiger partial charge in [-0.2, -0.15) is 0 Å². The van der Waals surface area contributed by atoms with Crippen LogP contribution in [0.1, 0.15) is 66.2 Å². The van der Waals surface area contributed by atoms with E-state index in [9.17, 15) is 0 Å². The van der Waals surface area contributed by atoms with Crippen LogP contribution in [0, 0.1) is 17.3 Å². The summed E-state index contributed by atoms with van der Waals surface area (Å²) in [6.45, 7) is 9.32. The second kappa shape index (κ2) is 5.50. The SMILES string of the molecule is CC1CCC(OC2CCCC(C)(C)C2N)CC1C. The molecule has 106 valence electrons. The Morgan fingerprint density at radius 3 is 2.44 bits per heavy atom. The highest BCUT2D eigenvalue weighted by molar-refractivity contribution is 4.93. The molecular weight excluding hydrogens is 222 g/mol. The minimum atomic E-state index is 0.209. The fraction of sp³-hybridized carbons (Fsp3) is 1.00. The molecule has 0 aliphatic heterocycles. The van der Waals surface area contributed by atoms with Gasteiger partial charge in [0.05, 0.1) is 12.2 Å². The van der Waals surface area contributed by atoms with Crippen molar-refractivity contribution in [3.63, 3.8) is 0 Å². The molecule has 0 radical (unpaired) electrons. The van der Waals surface area contributed by atoms with Crippen LogP contribution >= 0.6 is 0 Å². The molecule has 5 atom stereocenters. The topological polar surface area (TPSA) is 35.2 Å². The summed E-state index contributed by atoms with van der Waals surface area (Å²) in [6.07, 6.45) is 8.19. The van der Waals surface area contributed by atoms with Crippen molar-refractivity contribution in [1.29, 1.82) is 0 Å². The van der Waals surface area contributed by atoms with Gasteiger partial charge in [-0.3, -0.25) is 0 Å². The molecule has 2 fully saturated rings. The van der Waals surface area contributed by atoms with Gasteiger partial charge < -0.3 is 10.5 Å². The van der Waals surface area contributed by atoms with E-state index in [2.05, 4.69) is 27.7 Å². The van der Waals surface area contributed by atoms with Crippen molar-refractivity contribution < 1.29 is 4.74 Å². The third kappa shape index (κ3) is 3.08. The Bertz CT molecular complexity index is 276. The quantitative estimate of drug-likeness (QED) is 0.814. The number of hydrogen-bond acceptors (Lipinski definition) is 2. The Hall–Kier alpha value is -0.0800. The molecule has 0 aromatic carbocycles. The molecule has 18 heavy (non-hydrogen) atoms. The Morgan fingerprint density at radius 1 is 1.06 bits per heavy atom. The van der Waals surface area contributed by atoms with E-state index in [1.165, 1.54) is 32.1 Å². The number of hydrogen-bond donors (Lipinski definition) is 1. The van der Waals surface area contributed by atoms with E-state index < -0.39 is 0 Å². The highest BCUT2D eigenvalue weighted by Crippen LogP contribution is 2.38. The molecule has 2 saturated carbocycles. The maximum Gasteiger partial charge on any atom is 0.0734 e. The molecule has 2 nitrogen and oxygen atoms in total. The fourth-order valence-electron chi connectivity index (χ4n) is 3.63. The highest BCUT2D eigenvalue weighted by atomic mass is 16.5. The van der Waals surface area contributed by atoms with Gasteiger partial charge in [0.25, 0.3) is 0 Å². The summed E-state index contributed by atoms with van der Waals surface area (Å²) >= 11 is 0. The average Bonchev–Trinajstić information content (AvgIpc) is 2.30. The van der Waals surface area contributed by atoms with E-state index in [1.54, 1.807) is 0 Å². The maximum absolute atomic E-state index is 6.41. The van der Waals surface area contributed by atoms with E-state index in [-0.39, 0.29) is 11.5 Å². The predicted octanol–water partition coefficient (Wildman–Crippen LogP) is 3.73. The van der Waals surface area contributed by atoms with Crippen LogP contribution in [0.3, 0.4) is 0 Å². The first-order valence-electron chi connectivity index (χ1n) is 7.81. The maximum atomic E-state index is 6.41. The van der Waals surface area contributed by atoms with Crippen molar-refractivity contribution in [2.45, 2.75) is 84.5 Å². The summed E-state index contributed by atoms with van der Waals surface area (Å²) in [7, 11) is 0. The summed E-state index contributed by atoms with van der Waals surface area (Å²) < 4.78 is 6.37. The molecule has 0 aromatic heterocycles. The molecule has 0 heterocycles. The van der Waals surface area contributed by atoms with Gasteiger partial charge in [0.2, 0.25) is 0 Å². The molecule has 0 spiro atoms. The van der Waals surface area contributed by atoms with Gasteiger partial charge in [0.15, 0.2) is 0 Å². The van der Waals surface area contributed by atoms with E-state index in [1.807, 2.05) is 0 Å². The van der Waals surface area contributed by atoms with Crippen LogP contribution in [-0.2, 0) is 4.74 Å². The first-order valence-corrected chi connectivity index (χ1v) is 7.81. The number of rotatable bonds is 2. The zero-order chi connectivity index (χ0) is 13.3. The van der Waals surface area contributed by atoms with E-state index in [0.29, 0.717) is 12.2 Å². The van der Waals surface area contributed by atoms with Gasteiger partial charge >= 0.3 is 0 Å². The van der Waals surface area contributed by atoms with Crippen LogP contribution in [-0.4, -0.2) is 18.2 Å². The Labute approximate surface area is 113 Å². The molecule has 0 saturated heterocycles. The lowest BCUT2D eigenvalue weighted by Gasteiger charge is -2.44. The lowest BCUT2D eigenvalue weighted by Crippen LogP contribution is -2.52. The number of nitrogens with two attached hydrogens (primary N) is 1. The zero-order valence-corrected chi connectivity index (χ0v) is 12.6. The zero-order valence-electron chi connectivity index (χ0n) is 12.6. The lowest BCUT2D eigenvalue weighted by atomic mass is 9.72. The van der Waals surface area contributed by atoms with Gasteiger partial charge in [0.1, 0.15) is 0 Å². The minimum absolute atomic E-state index is 0.209. The fourth-order valence-corrected chi connectivity index (χ4v) is 3.63. The first-order chi connectivity index (χ1) is 8.40. The highest BCUT2D eigenvalue weighted by Gasteiger charge is 2.38. The van der Waals surface area contributed by atoms with Gasteiger partial charge in [-0.1, -0.05) is 34.1 Å². The van der Waals surface area contributed by atoms with Crippen LogP contribution in [0.5, 0.6) is 0 Å².